The minimum atomic E-state index is -1.17. The summed E-state index contributed by atoms with van der Waals surface area (Å²) in [5, 5.41) is 8.68. The van der Waals surface area contributed by atoms with Crippen LogP contribution in [0.25, 0.3) is 0 Å². The molecule has 1 aromatic rings. The van der Waals surface area contributed by atoms with E-state index < -0.39 is 5.97 Å². The standard InChI is InChI=1S/C12H17NO4/c1-8(2)6-7-13(3)11(14)9-4-5-10(17-9)12(15)16/h4-5,8H,6-7H2,1-3H3,(H,15,16). The molecule has 0 fully saturated rings. The highest BCUT2D eigenvalue weighted by Crippen LogP contribution is 2.11. The summed E-state index contributed by atoms with van der Waals surface area (Å²) in [6.45, 7) is 4.78. The summed E-state index contributed by atoms with van der Waals surface area (Å²) in [5.74, 6) is -1.11. The first kappa shape index (κ1) is 13.3. The highest BCUT2D eigenvalue weighted by molar-refractivity contribution is 5.93. The smallest absolute Gasteiger partial charge is 0.371 e. The van der Waals surface area contributed by atoms with Crippen molar-refractivity contribution >= 4 is 11.9 Å². The Balaban J connectivity index is 2.65. The van der Waals surface area contributed by atoms with Crippen LogP contribution in [-0.2, 0) is 0 Å². The van der Waals surface area contributed by atoms with Gasteiger partial charge in [0.2, 0.25) is 5.76 Å². The fraction of sp³-hybridized carbons (Fsp3) is 0.500. The van der Waals surface area contributed by atoms with Crippen molar-refractivity contribution in [3.63, 3.8) is 0 Å². The van der Waals surface area contributed by atoms with Crippen molar-refractivity contribution in [3.05, 3.63) is 23.7 Å². The van der Waals surface area contributed by atoms with E-state index in [0.717, 1.165) is 6.42 Å². The highest BCUT2D eigenvalue weighted by Gasteiger charge is 2.18. The monoisotopic (exact) mass is 239 g/mol. The van der Waals surface area contributed by atoms with Gasteiger partial charge in [-0.25, -0.2) is 4.79 Å². The van der Waals surface area contributed by atoms with E-state index in [1.165, 1.54) is 17.0 Å². The Morgan fingerprint density at radius 2 is 1.94 bits per heavy atom. The van der Waals surface area contributed by atoms with E-state index in [9.17, 15) is 9.59 Å². The maximum atomic E-state index is 11.8. The van der Waals surface area contributed by atoms with Crippen molar-refractivity contribution in [1.82, 2.24) is 4.90 Å². The molecule has 0 radical (unpaired) electrons. The van der Waals surface area contributed by atoms with Gasteiger partial charge in [-0.3, -0.25) is 4.79 Å². The van der Waals surface area contributed by atoms with Crippen LogP contribution in [0.15, 0.2) is 16.5 Å². The Labute approximate surface area is 100 Å². The molecule has 0 aliphatic heterocycles. The van der Waals surface area contributed by atoms with Crippen molar-refractivity contribution in [2.75, 3.05) is 13.6 Å². The van der Waals surface area contributed by atoms with Gasteiger partial charge < -0.3 is 14.4 Å². The van der Waals surface area contributed by atoms with Crippen LogP contribution in [0.1, 0.15) is 41.4 Å². The van der Waals surface area contributed by atoms with Gasteiger partial charge in [0.05, 0.1) is 0 Å². The molecule has 17 heavy (non-hydrogen) atoms. The van der Waals surface area contributed by atoms with E-state index in [1.54, 1.807) is 7.05 Å². The third-order valence-corrected chi connectivity index (χ3v) is 2.42. The Bertz CT molecular complexity index is 408. The molecular formula is C12H17NO4. The Morgan fingerprint density at radius 3 is 2.41 bits per heavy atom. The SMILES string of the molecule is CC(C)CCN(C)C(=O)c1ccc(C(=O)O)o1. The Kier molecular flexibility index (Phi) is 4.31. The summed E-state index contributed by atoms with van der Waals surface area (Å²) in [4.78, 5) is 24.0. The molecule has 1 rings (SSSR count). The summed E-state index contributed by atoms with van der Waals surface area (Å²) in [7, 11) is 1.67. The van der Waals surface area contributed by atoms with Crippen molar-refractivity contribution in [2.45, 2.75) is 20.3 Å². The lowest BCUT2D eigenvalue weighted by Gasteiger charge is -2.16. The predicted octanol–water partition coefficient (Wildman–Crippen LogP) is 2.10. The summed E-state index contributed by atoms with van der Waals surface area (Å²) in [6.07, 6.45) is 0.898. The molecule has 0 aromatic carbocycles. The normalized spacial score (nSPS) is 10.6. The van der Waals surface area contributed by atoms with Gasteiger partial charge in [-0.05, 0) is 24.5 Å². The number of nitrogens with zero attached hydrogens (tertiary/aromatic N) is 1. The van der Waals surface area contributed by atoms with Gasteiger partial charge in [-0.2, -0.15) is 0 Å². The molecule has 1 amide bonds. The fourth-order valence-corrected chi connectivity index (χ4v) is 1.31. The van der Waals surface area contributed by atoms with E-state index in [2.05, 4.69) is 13.8 Å². The van der Waals surface area contributed by atoms with Crippen LogP contribution in [0.2, 0.25) is 0 Å². The molecule has 0 aliphatic carbocycles. The minimum absolute atomic E-state index is 0.0636. The molecule has 0 saturated carbocycles. The van der Waals surface area contributed by atoms with Gasteiger partial charge in [-0.15, -0.1) is 0 Å². The molecule has 5 nitrogen and oxygen atoms in total. The summed E-state index contributed by atoms with van der Waals surface area (Å²) in [6, 6.07) is 2.67. The first-order valence-electron chi connectivity index (χ1n) is 5.50. The first-order valence-corrected chi connectivity index (χ1v) is 5.50. The number of hydrogen-bond donors (Lipinski definition) is 1. The zero-order valence-electron chi connectivity index (χ0n) is 10.3. The number of carbonyl (C=O) groups excluding carboxylic acids is 1. The molecule has 0 saturated heterocycles. The molecule has 0 unspecified atom stereocenters. The van der Waals surface area contributed by atoms with Crippen molar-refractivity contribution in [3.8, 4) is 0 Å². The molecule has 94 valence electrons. The second-order valence-corrected chi connectivity index (χ2v) is 4.38. The van der Waals surface area contributed by atoms with Gasteiger partial charge in [0.15, 0.2) is 5.76 Å². The largest absolute Gasteiger partial charge is 0.475 e. The topological polar surface area (TPSA) is 70.8 Å². The van der Waals surface area contributed by atoms with Crippen LogP contribution in [0.4, 0.5) is 0 Å². The third-order valence-electron chi connectivity index (χ3n) is 2.42. The second kappa shape index (κ2) is 5.52. The number of carbonyl (C=O) groups is 2. The fourth-order valence-electron chi connectivity index (χ4n) is 1.31. The molecule has 0 spiro atoms. The molecule has 0 atom stereocenters. The lowest BCUT2D eigenvalue weighted by atomic mass is 10.1. The number of amides is 1. The molecular weight excluding hydrogens is 222 g/mol. The molecule has 5 heteroatoms. The zero-order chi connectivity index (χ0) is 13.0. The van der Waals surface area contributed by atoms with E-state index in [0.29, 0.717) is 12.5 Å². The minimum Gasteiger partial charge on any atom is -0.475 e. The third kappa shape index (κ3) is 3.62. The van der Waals surface area contributed by atoms with Crippen molar-refractivity contribution in [2.24, 2.45) is 5.92 Å². The van der Waals surface area contributed by atoms with Crippen LogP contribution < -0.4 is 0 Å². The highest BCUT2D eigenvalue weighted by atomic mass is 16.4. The maximum Gasteiger partial charge on any atom is 0.371 e. The lowest BCUT2D eigenvalue weighted by Crippen LogP contribution is -2.28. The molecule has 1 N–H and O–H groups in total. The van der Waals surface area contributed by atoms with E-state index in [-0.39, 0.29) is 17.4 Å². The molecule has 1 heterocycles. The number of hydrogen-bond acceptors (Lipinski definition) is 3. The van der Waals surface area contributed by atoms with E-state index in [4.69, 9.17) is 9.52 Å². The van der Waals surface area contributed by atoms with Crippen LogP contribution in [0.5, 0.6) is 0 Å². The Morgan fingerprint density at radius 1 is 1.35 bits per heavy atom. The van der Waals surface area contributed by atoms with Crippen LogP contribution in [-0.4, -0.2) is 35.5 Å². The average Bonchev–Trinajstić information content (AvgIpc) is 2.73. The molecule has 1 aromatic heterocycles. The van der Waals surface area contributed by atoms with Gasteiger partial charge in [0.1, 0.15) is 0 Å². The quantitative estimate of drug-likeness (QED) is 0.854. The number of carboxylic acids is 1. The summed E-state index contributed by atoms with van der Waals surface area (Å²) in [5.41, 5.74) is 0. The Hall–Kier alpha value is -1.78. The maximum absolute atomic E-state index is 11.8. The number of furan rings is 1. The van der Waals surface area contributed by atoms with Gasteiger partial charge in [0.25, 0.3) is 5.91 Å². The van der Waals surface area contributed by atoms with Crippen LogP contribution >= 0.6 is 0 Å². The number of aromatic carboxylic acids is 1. The average molecular weight is 239 g/mol. The van der Waals surface area contributed by atoms with E-state index >= 15 is 0 Å². The summed E-state index contributed by atoms with van der Waals surface area (Å²) >= 11 is 0. The van der Waals surface area contributed by atoms with Crippen molar-refractivity contribution in [1.29, 1.82) is 0 Å². The molecule has 0 bridgehead atoms. The number of carboxylic acid groups (broad SMARTS) is 1. The van der Waals surface area contributed by atoms with Gasteiger partial charge >= 0.3 is 5.97 Å². The predicted molar refractivity (Wildman–Crippen MR) is 62.1 cm³/mol. The van der Waals surface area contributed by atoms with Gasteiger partial charge in [-0.1, -0.05) is 13.8 Å². The van der Waals surface area contributed by atoms with Crippen LogP contribution in [0.3, 0.4) is 0 Å². The number of rotatable bonds is 5. The van der Waals surface area contributed by atoms with Gasteiger partial charge in [0, 0.05) is 13.6 Å². The van der Waals surface area contributed by atoms with Crippen LogP contribution in [0, 0.1) is 5.92 Å². The zero-order valence-corrected chi connectivity index (χ0v) is 10.3. The van der Waals surface area contributed by atoms with Crippen molar-refractivity contribution < 1.29 is 19.1 Å². The lowest BCUT2D eigenvalue weighted by molar-refractivity contribution is 0.0653. The molecule has 0 aliphatic rings. The first-order chi connectivity index (χ1) is 7.91. The van der Waals surface area contributed by atoms with E-state index in [1.807, 2.05) is 0 Å². The second-order valence-electron chi connectivity index (χ2n) is 4.38. The summed E-state index contributed by atoms with van der Waals surface area (Å²) < 4.78 is 4.94.